The van der Waals surface area contributed by atoms with Gasteiger partial charge >= 0.3 is 0 Å². The minimum Gasteiger partial charge on any atom is -0.494 e. The third-order valence-electron chi connectivity index (χ3n) is 4.34. The number of carbonyl (C=O) groups excluding carboxylic acids is 1. The lowest BCUT2D eigenvalue weighted by Crippen LogP contribution is -2.24. The Morgan fingerprint density at radius 3 is 2.90 bits per heavy atom. The van der Waals surface area contributed by atoms with Gasteiger partial charge in [-0.3, -0.25) is 9.20 Å². The first-order valence-corrected chi connectivity index (χ1v) is 8.88. The van der Waals surface area contributed by atoms with Crippen LogP contribution in [0.25, 0.3) is 17.1 Å². The van der Waals surface area contributed by atoms with Crippen LogP contribution in [0.2, 0.25) is 0 Å². The van der Waals surface area contributed by atoms with Gasteiger partial charge in [0.15, 0.2) is 28.9 Å². The van der Waals surface area contributed by atoms with Gasteiger partial charge in [-0.1, -0.05) is 12.1 Å². The number of pyridine rings is 1. The van der Waals surface area contributed by atoms with Crippen LogP contribution in [0.1, 0.15) is 28.9 Å². The number of benzene rings is 1. The number of rotatable bonds is 6. The molecule has 10 heteroatoms. The van der Waals surface area contributed by atoms with E-state index in [0.717, 1.165) is 6.07 Å². The highest BCUT2D eigenvalue weighted by Gasteiger charge is 2.16. The number of aromatic nitrogens is 5. The number of aryl methyl sites for hydroxylation is 1. The van der Waals surface area contributed by atoms with Crippen molar-refractivity contribution in [1.82, 2.24) is 30.1 Å². The van der Waals surface area contributed by atoms with Gasteiger partial charge in [0.1, 0.15) is 0 Å². The van der Waals surface area contributed by atoms with E-state index in [-0.39, 0.29) is 17.9 Å². The van der Waals surface area contributed by atoms with Crippen LogP contribution in [-0.2, 0) is 13.0 Å². The van der Waals surface area contributed by atoms with Crippen LogP contribution in [0.15, 0.2) is 41.1 Å². The van der Waals surface area contributed by atoms with Gasteiger partial charge in [0.2, 0.25) is 0 Å². The van der Waals surface area contributed by atoms with Crippen LogP contribution in [0.5, 0.6) is 5.75 Å². The van der Waals surface area contributed by atoms with Crippen LogP contribution < -0.4 is 10.1 Å². The van der Waals surface area contributed by atoms with Gasteiger partial charge in [-0.15, -0.1) is 10.2 Å². The molecule has 0 fully saturated rings. The highest BCUT2D eigenvalue weighted by atomic mass is 19.1. The normalized spacial score (nSPS) is 11.0. The molecule has 1 aromatic carbocycles. The Balaban J connectivity index is 1.55. The van der Waals surface area contributed by atoms with Gasteiger partial charge in [0, 0.05) is 18.2 Å². The van der Waals surface area contributed by atoms with Gasteiger partial charge in [0.05, 0.1) is 19.2 Å². The maximum absolute atomic E-state index is 13.8. The van der Waals surface area contributed by atoms with Crippen molar-refractivity contribution in [1.29, 1.82) is 0 Å². The van der Waals surface area contributed by atoms with Gasteiger partial charge in [-0.2, -0.15) is 4.98 Å². The lowest BCUT2D eigenvalue weighted by Gasteiger charge is -2.06. The summed E-state index contributed by atoms with van der Waals surface area (Å²) in [5, 5.41) is 14.9. The summed E-state index contributed by atoms with van der Waals surface area (Å²) in [6.07, 6.45) is 2.42. The molecule has 0 aliphatic heterocycles. The first-order chi connectivity index (χ1) is 14.1. The Kier molecular flexibility index (Phi) is 4.90. The zero-order valence-corrected chi connectivity index (χ0v) is 15.7. The van der Waals surface area contributed by atoms with E-state index in [9.17, 15) is 9.18 Å². The zero-order valence-electron chi connectivity index (χ0n) is 15.7. The Hall–Kier alpha value is -3.82. The van der Waals surface area contributed by atoms with Gasteiger partial charge < -0.3 is 14.6 Å². The summed E-state index contributed by atoms with van der Waals surface area (Å²) in [5.74, 6) is 0.474. The Morgan fingerprint density at radius 1 is 1.31 bits per heavy atom. The first-order valence-electron chi connectivity index (χ1n) is 8.88. The fourth-order valence-electron chi connectivity index (χ4n) is 2.83. The highest BCUT2D eigenvalue weighted by Crippen LogP contribution is 2.22. The fraction of sp³-hybridized carbons (Fsp3) is 0.211. The molecule has 0 bridgehead atoms. The van der Waals surface area contributed by atoms with Gasteiger partial charge in [-0.05, 0) is 30.3 Å². The molecule has 4 rings (SSSR count). The maximum Gasteiger partial charge on any atom is 0.261 e. The monoisotopic (exact) mass is 396 g/mol. The van der Waals surface area contributed by atoms with Gasteiger partial charge in [0.25, 0.3) is 11.8 Å². The number of carbonyl (C=O) groups is 1. The van der Waals surface area contributed by atoms with E-state index in [4.69, 9.17) is 9.26 Å². The van der Waals surface area contributed by atoms with E-state index < -0.39 is 11.7 Å². The van der Waals surface area contributed by atoms with E-state index in [1.165, 1.54) is 19.2 Å². The molecule has 0 aliphatic carbocycles. The second kappa shape index (κ2) is 7.66. The lowest BCUT2D eigenvalue weighted by atomic mass is 10.2. The summed E-state index contributed by atoms with van der Waals surface area (Å²) < 4.78 is 25.7. The number of hydrogen-bond acceptors (Lipinski definition) is 7. The van der Waals surface area contributed by atoms with Crippen molar-refractivity contribution in [2.75, 3.05) is 7.11 Å². The molecular formula is C19H17FN6O3. The molecule has 148 valence electrons. The predicted molar refractivity (Wildman–Crippen MR) is 99.8 cm³/mol. The van der Waals surface area contributed by atoms with Crippen LogP contribution in [0, 0.1) is 5.82 Å². The molecule has 0 unspecified atom stereocenters. The Morgan fingerprint density at radius 2 is 2.17 bits per heavy atom. The SMILES string of the molecule is CCc1noc(-c2cccn3c(CNC(=O)c4ccc(OC)c(F)c4)nnc23)n1. The number of nitrogens with zero attached hydrogens (tertiary/aromatic N) is 5. The van der Waals surface area contributed by atoms with Crippen molar-refractivity contribution in [3.63, 3.8) is 0 Å². The standard InChI is InChI=1S/C19H17FN6O3/c1-3-15-22-19(29-25-15)12-5-4-8-26-16(23-24-17(12)26)10-21-18(27)11-6-7-14(28-2)13(20)9-11/h4-9H,3,10H2,1-2H3,(H,21,27). The van der Waals surface area contributed by atoms with Crippen LogP contribution in [0.4, 0.5) is 4.39 Å². The zero-order chi connectivity index (χ0) is 20.4. The first kappa shape index (κ1) is 18.5. The molecule has 29 heavy (non-hydrogen) atoms. The van der Waals surface area contributed by atoms with Crippen LogP contribution in [0.3, 0.4) is 0 Å². The number of ether oxygens (including phenoxy) is 1. The number of amides is 1. The molecule has 0 aliphatic rings. The molecular weight excluding hydrogens is 379 g/mol. The van der Waals surface area contributed by atoms with Crippen LogP contribution in [-0.4, -0.2) is 37.8 Å². The molecule has 0 saturated heterocycles. The summed E-state index contributed by atoms with van der Waals surface area (Å²) in [6.45, 7) is 2.03. The van der Waals surface area contributed by atoms with E-state index in [2.05, 4.69) is 25.7 Å². The highest BCUT2D eigenvalue weighted by molar-refractivity contribution is 5.94. The quantitative estimate of drug-likeness (QED) is 0.533. The summed E-state index contributed by atoms with van der Waals surface area (Å²) in [7, 11) is 1.36. The minimum absolute atomic E-state index is 0.0739. The van der Waals surface area contributed by atoms with Crippen molar-refractivity contribution in [2.24, 2.45) is 0 Å². The number of nitrogens with one attached hydrogen (secondary N) is 1. The fourth-order valence-corrected chi connectivity index (χ4v) is 2.83. The third kappa shape index (κ3) is 3.51. The van der Waals surface area contributed by atoms with E-state index in [0.29, 0.717) is 35.2 Å². The third-order valence-corrected chi connectivity index (χ3v) is 4.34. The number of hydrogen-bond donors (Lipinski definition) is 1. The van der Waals surface area contributed by atoms with E-state index >= 15 is 0 Å². The van der Waals surface area contributed by atoms with Gasteiger partial charge in [-0.25, -0.2) is 4.39 Å². The molecule has 3 heterocycles. The smallest absolute Gasteiger partial charge is 0.261 e. The molecule has 9 nitrogen and oxygen atoms in total. The second-order valence-electron chi connectivity index (χ2n) is 6.13. The summed E-state index contributed by atoms with van der Waals surface area (Å²) in [4.78, 5) is 16.7. The largest absolute Gasteiger partial charge is 0.494 e. The second-order valence-corrected chi connectivity index (χ2v) is 6.13. The van der Waals surface area contributed by atoms with Crippen molar-refractivity contribution in [3.05, 3.63) is 59.6 Å². The molecule has 0 spiro atoms. The van der Waals surface area contributed by atoms with E-state index in [1.807, 2.05) is 6.92 Å². The van der Waals surface area contributed by atoms with Crippen molar-refractivity contribution in [3.8, 4) is 17.2 Å². The molecule has 4 aromatic rings. The molecule has 1 amide bonds. The molecule has 0 atom stereocenters. The predicted octanol–water partition coefficient (Wildman–Crippen LogP) is 2.42. The van der Waals surface area contributed by atoms with Crippen molar-refractivity contribution < 1.29 is 18.4 Å². The topological polar surface area (TPSA) is 107 Å². The summed E-state index contributed by atoms with van der Waals surface area (Å²) >= 11 is 0. The Bertz CT molecular complexity index is 1190. The molecule has 0 saturated carbocycles. The summed E-state index contributed by atoms with van der Waals surface area (Å²) in [5.41, 5.74) is 1.34. The number of fused-ring (bicyclic) bond motifs is 1. The average Bonchev–Trinajstić information content (AvgIpc) is 3.38. The van der Waals surface area contributed by atoms with Crippen LogP contribution >= 0.6 is 0 Å². The number of methoxy groups -OCH3 is 1. The maximum atomic E-state index is 13.8. The minimum atomic E-state index is -0.608. The number of halogens is 1. The molecule has 1 N–H and O–H groups in total. The molecule has 0 radical (unpaired) electrons. The average molecular weight is 396 g/mol. The van der Waals surface area contributed by atoms with E-state index in [1.54, 1.807) is 22.7 Å². The molecule has 3 aromatic heterocycles. The lowest BCUT2D eigenvalue weighted by molar-refractivity contribution is 0.0949. The summed E-state index contributed by atoms with van der Waals surface area (Å²) in [6, 6.07) is 7.61. The Labute approximate surface area is 164 Å². The van der Waals surface area contributed by atoms with Crippen molar-refractivity contribution >= 4 is 11.6 Å². The van der Waals surface area contributed by atoms with Crippen molar-refractivity contribution in [2.45, 2.75) is 19.9 Å².